The number of pyridine rings is 1. The first kappa shape index (κ1) is 12.5. The number of fused-ring (bicyclic) bond motifs is 1. The van der Waals surface area contributed by atoms with E-state index in [0.717, 1.165) is 34.7 Å². The lowest BCUT2D eigenvalue weighted by Gasteiger charge is -2.20. The zero-order chi connectivity index (χ0) is 14.1. The van der Waals surface area contributed by atoms with E-state index in [-0.39, 0.29) is 0 Å². The normalized spacial score (nSPS) is 10.9. The minimum atomic E-state index is 0.852. The van der Waals surface area contributed by atoms with E-state index in [2.05, 4.69) is 26.9 Å². The van der Waals surface area contributed by atoms with Crippen LogP contribution in [0.4, 0.5) is 11.5 Å². The molecular formula is C14H16N6. The molecule has 3 aromatic rings. The Hall–Kier alpha value is -2.50. The molecule has 6 heteroatoms. The van der Waals surface area contributed by atoms with E-state index >= 15 is 0 Å². The second kappa shape index (κ2) is 4.88. The number of aromatic nitrogens is 5. The van der Waals surface area contributed by atoms with Crippen LogP contribution < -0.4 is 4.90 Å². The van der Waals surface area contributed by atoms with Crippen LogP contribution >= 0.6 is 0 Å². The van der Waals surface area contributed by atoms with Gasteiger partial charge >= 0.3 is 0 Å². The number of aryl methyl sites for hydroxylation is 2. The molecule has 0 saturated carbocycles. The molecule has 0 bridgehead atoms. The highest BCUT2D eigenvalue weighted by Crippen LogP contribution is 2.25. The maximum Gasteiger partial charge on any atom is 0.134 e. The molecule has 0 spiro atoms. The topological polar surface area (TPSA) is 59.7 Å². The van der Waals surface area contributed by atoms with Gasteiger partial charge in [0.15, 0.2) is 0 Å². The summed E-state index contributed by atoms with van der Waals surface area (Å²) in [5.41, 5.74) is 3.93. The Balaban J connectivity index is 2.07. The summed E-state index contributed by atoms with van der Waals surface area (Å²) >= 11 is 0. The standard InChI is InChI=1S/C14H16N6/c1-4-10-13(7-15-8-17-10)20(3)14-5-12-11(6-16-14)18-9-19(12)2/h5-9H,4H2,1-3H3. The van der Waals surface area contributed by atoms with E-state index < -0.39 is 0 Å². The molecule has 0 fully saturated rings. The molecule has 102 valence electrons. The Kier molecular flexibility index (Phi) is 3.06. The van der Waals surface area contributed by atoms with E-state index in [1.165, 1.54) is 0 Å². The van der Waals surface area contributed by atoms with Crippen molar-refractivity contribution in [2.45, 2.75) is 13.3 Å². The van der Waals surface area contributed by atoms with Crippen molar-refractivity contribution < 1.29 is 0 Å². The smallest absolute Gasteiger partial charge is 0.134 e. The van der Waals surface area contributed by atoms with Gasteiger partial charge in [-0.25, -0.2) is 19.9 Å². The van der Waals surface area contributed by atoms with E-state index in [0.29, 0.717) is 0 Å². The molecule has 0 aromatic carbocycles. The summed E-state index contributed by atoms with van der Waals surface area (Å²) in [6.07, 6.45) is 7.83. The van der Waals surface area contributed by atoms with Gasteiger partial charge in [-0.1, -0.05) is 6.92 Å². The highest BCUT2D eigenvalue weighted by atomic mass is 15.2. The van der Waals surface area contributed by atoms with Crippen LogP contribution in [0.3, 0.4) is 0 Å². The maximum atomic E-state index is 4.47. The summed E-state index contributed by atoms with van der Waals surface area (Å²) < 4.78 is 1.98. The fourth-order valence-corrected chi connectivity index (χ4v) is 2.23. The summed E-state index contributed by atoms with van der Waals surface area (Å²) in [4.78, 5) is 19.2. The molecule has 3 aromatic heterocycles. The van der Waals surface area contributed by atoms with Crippen molar-refractivity contribution in [3.8, 4) is 0 Å². The van der Waals surface area contributed by atoms with Gasteiger partial charge in [-0.15, -0.1) is 0 Å². The van der Waals surface area contributed by atoms with Gasteiger partial charge in [0, 0.05) is 20.2 Å². The van der Waals surface area contributed by atoms with Crippen LogP contribution in [0.25, 0.3) is 11.0 Å². The molecule has 0 N–H and O–H groups in total. The fraction of sp³-hybridized carbons (Fsp3) is 0.286. The second-order valence-electron chi connectivity index (χ2n) is 4.65. The second-order valence-corrected chi connectivity index (χ2v) is 4.65. The Morgan fingerprint density at radius 2 is 2.05 bits per heavy atom. The van der Waals surface area contributed by atoms with E-state index in [4.69, 9.17) is 0 Å². The lowest BCUT2D eigenvalue weighted by atomic mass is 10.2. The number of imidazole rings is 1. The zero-order valence-electron chi connectivity index (χ0n) is 11.8. The third kappa shape index (κ3) is 1.99. The van der Waals surface area contributed by atoms with Gasteiger partial charge in [-0.2, -0.15) is 0 Å². The summed E-state index contributed by atoms with van der Waals surface area (Å²) in [6, 6.07) is 2.02. The van der Waals surface area contributed by atoms with Crippen molar-refractivity contribution in [3.05, 3.63) is 36.8 Å². The fourth-order valence-electron chi connectivity index (χ4n) is 2.23. The van der Waals surface area contributed by atoms with Crippen molar-refractivity contribution in [1.82, 2.24) is 24.5 Å². The van der Waals surface area contributed by atoms with Crippen molar-refractivity contribution >= 4 is 22.5 Å². The molecule has 0 unspecified atom stereocenters. The van der Waals surface area contributed by atoms with E-state index in [1.807, 2.05) is 35.8 Å². The number of rotatable bonds is 3. The van der Waals surface area contributed by atoms with Gasteiger partial charge in [0.25, 0.3) is 0 Å². The van der Waals surface area contributed by atoms with Gasteiger partial charge in [-0.05, 0) is 6.42 Å². The highest BCUT2D eigenvalue weighted by Gasteiger charge is 2.12. The van der Waals surface area contributed by atoms with Crippen LogP contribution in [0, 0.1) is 0 Å². The largest absolute Gasteiger partial charge is 0.334 e. The predicted molar refractivity (Wildman–Crippen MR) is 78.0 cm³/mol. The number of hydrogen-bond donors (Lipinski definition) is 0. The molecule has 0 aliphatic rings. The van der Waals surface area contributed by atoms with Crippen LogP contribution in [0.1, 0.15) is 12.6 Å². The Bertz CT molecular complexity index is 748. The van der Waals surface area contributed by atoms with Crippen LogP contribution in [0.5, 0.6) is 0 Å². The molecule has 3 rings (SSSR count). The molecule has 0 atom stereocenters. The minimum absolute atomic E-state index is 0.852. The first-order valence-corrected chi connectivity index (χ1v) is 6.50. The van der Waals surface area contributed by atoms with E-state index in [9.17, 15) is 0 Å². The minimum Gasteiger partial charge on any atom is -0.334 e. The molecule has 0 aliphatic heterocycles. The van der Waals surface area contributed by atoms with Crippen molar-refractivity contribution in [1.29, 1.82) is 0 Å². The number of anilines is 2. The zero-order valence-corrected chi connectivity index (χ0v) is 11.8. The van der Waals surface area contributed by atoms with E-state index in [1.54, 1.807) is 18.9 Å². The summed E-state index contributed by atoms with van der Waals surface area (Å²) in [5.74, 6) is 0.852. The van der Waals surface area contributed by atoms with Crippen LogP contribution in [0.2, 0.25) is 0 Å². The monoisotopic (exact) mass is 268 g/mol. The summed E-state index contributed by atoms with van der Waals surface area (Å²) in [6.45, 7) is 2.08. The van der Waals surface area contributed by atoms with Crippen molar-refractivity contribution in [2.75, 3.05) is 11.9 Å². The Morgan fingerprint density at radius 3 is 2.85 bits per heavy atom. The van der Waals surface area contributed by atoms with Crippen LogP contribution in [0.15, 0.2) is 31.1 Å². The lowest BCUT2D eigenvalue weighted by molar-refractivity contribution is 0.945. The predicted octanol–water partition coefficient (Wildman–Crippen LogP) is 2.09. The number of hydrogen-bond acceptors (Lipinski definition) is 5. The quantitative estimate of drug-likeness (QED) is 0.728. The third-order valence-corrected chi connectivity index (χ3v) is 3.41. The molecule has 0 radical (unpaired) electrons. The molecule has 0 saturated heterocycles. The van der Waals surface area contributed by atoms with Crippen molar-refractivity contribution in [3.63, 3.8) is 0 Å². The molecule has 3 heterocycles. The number of nitrogens with zero attached hydrogens (tertiary/aromatic N) is 6. The summed E-state index contributed by atoms with van der Waals surface area (Å²) in [7, 11) is 3.95. The molecule has 6 nitrogen and oxygen atoms in total. The first-order valence-electron chi connectivity index (χ1n) is 6.50. The third-order valence-electron chi connectivity index (χ3n) is 3.41. The first-order chi connectivity index (χ1) is 9.70. The lowest BCUT2D eigenvalue weighted by Crippen LogP contribution is -2.14. The SMILES string of the molecule is CCc1ncncc1N(C)c1cc2c(cn1)ncn2C. The van der Waals surface area contributed by atoms with Gasteiger partial charge in [-0.3, -0.25) is 0 Å². The van der Waals surface area contributed by atoms with Crippen LogP contribution in [-0.2, 0) is 13.5 Å². The van der Waals surface area contributed by atoms with Gasteiger partial charge in [0.2, 0.25) is 0 Å². The highest BCUT2D eigenvalue weighted by molar-refractivity contribution is 5.78. The summed E-state index contributed by atoms with van der Waals surface area (Å²) in [5, 5.41) is 0. The van der Waals surface area contributed by atoms with Crippen molar-refractivity contribution in [2.24, 2.45) is 7.05 Å². The van der Waals surface area contributed by atoms with Gasteiger partial charge in [0.1, 0.15) is 17.7 Å². The van der Waals surface area contributed by atoms with Crippen LogP contribution in [-0.4, -0.2) is 31.6 Å². The maximum absolute atomic E-state index is 4.47. The molecule has 0 aliphatic carbocycles. The average Bonchev–Trinajstić information content (AvgIpc) is 2.87. The molecule has 0 amide bonds. The Labute approximate surface area is 117 Å². The van der Waals surface area contributed by atoms with Gasteiger partial charge < -0.3 is 9.47 Å². The molecular weight excluding hydrogens is 252 g/mol. The molecule has 20 heavy (non-hydrogen) atoms. The van der Waals surface area contributed by atoms with Gasteiger partial charge in [0.05, 0.1) is 35.6 Å². The average molecular weight is 268 g/mol. The Morgan fingerprint density at radius 1 is 1.20 bits per heavy atom.